The highest BCUT2D eigenvalue weighted by Crippen LogP contribution is 2.16. The molecule has 1 aromatic rings. The molecule has 0 unspecified atom stereocenters. The lowest BCUT2D eigenvalue weighted by molar-refractivity contribution is 0.107. The fourth-order valence-electron chi connectivity index (χ4n) is 3.41. The minimum Gasteiger partial charge on any atom is -0.317 e. The van der Waals surface area contributed by atoms with E-state index in [2.05, 4.69) is 27.2 Å². The van der Waals surface area contributed by atoms with Crippen molar-refractivity contribution in [3.63, 3.8) is 0 Å². The van der Waals surface area contributed by atoms with Crippen molar-refractivity contribution in [1.29, 1.82) is 0 Å². The van der Waals surface area contributed by atoms with Crippen molar-refractivity contribution >= 4 is 11.6 Å². The number of piperazine rings is 1. The maximum absolute atomic E-state index is 5.94. The molecule has 0 amide bonds. The molecule has 3 rings (SSSR count). The summed E-state index contributed by atoms with van der Waals surface area (Å²) < 4.78 is 0. The molecule has 0 saturated carbocycles. The molecule has 116 valence electrons. The summed E-state index contributed by atoms with van der Waals surface area (Å²) >= 11 is 5.94. The lowest BCUT2D eigenvalue weighted by atomic mass is 9.97. The topological polar surface area (TPSA) is 18.5 Å². The molecule has 2 aliphatic rings. The van der Waals surface area contributed by atoms with E-state index in [9.17, 15) is 0 Å². The van der Waals surface area contributed by atoms with Crippen LogP contribution in [0.25, 0.3) is 0 Å². The Hall–Kier alpha value is -0.610. The normalized spacial score (nSPS) is 22.5. The zero-order valence-corrected chi connectivity index (χ0v) is 13.5. The smallest absolute Gasteiger partial charge is 0.0406 e. The molecular weight excluding hydrogens is 282 g/mol. The van der Waals surface area contributed by atoms with Crippen LogP contribution in [0, 0.1) is 5.92 Å². The zero-order chi connectivity index (χ0) is 14.5. The Labute approximate surface area is 133 Å². The lowest BCUT2D eigenvalue weighted by Crippen LogP contribution is -2.48. The largest absolute Gasteiger partial charge is 0.317 e. The molecule has 2 fully saturated rings. The monoisotopic (exact) mass is 307 g/mol. The van der Waals surface area contributed by atoms with E-state index in [1.165, 1.54) is 64.2 Å². The van der Waals surface area contributed by atoms with Gasteiger partial charge in [-0.3, -0.25) is 4.90 Å². The molecular formula is C17H26ClN3. The molecule has 0 bridgehead atoms. The van der Waals surface area contributed by atoms with Crippen molar-refractivity contribution in [3.8, 4) is 0 Å². The number of halogens is 1. The Bertz CT molecular complexity index is 420. The molecule has 2 aliphatic heterocycles. The summed E-state index contributed by atoms with van der Waals surface area (Å²) in [5, 5.41) is 4.28. The Balaban J connectivity index is 1.41. The average molecular weight is 308 g/mol. The summed E-state index contributed by atoms with van der Waals surface area (Å²) in [5.41, 5.74) is 1.37. The van der Waals surface area contributed by atoms with Crippen LogP contribution < -0.4 is 5.32 Å². The van der Waals surface area contributed by atoms with E-state index in [1.807, 2.05) is 12.1 Å². The van der Waals surface area contributed by atoms with E-state index < -0.39 is 0 Å². The Morgan fingerprint density at radius 3 is 2.24 bits per heavy atom. The summed E-state index contributed by atoms with van der Waals surface area (Å²) in [6, 6.07) is 8.27. The fourth-order valence-corrected chi connectivity index (χ4v) is 3.53. The van der Waals surface area contributed by atoms with Crippen molar-refractivity contribution in [3.05, 3.63) is 34.9 Å². The van der Waals surface area contributed by atoms with Gasteiger partial charge in [-0.15, -0.1) is 0 Å². The predicted molar refractivity (Wildman–Crippen MR) is 88.8 cm³/mol. The predicted octanol–water partition coefficient (Wildman–Crippen LogP) is 2.46. The Morgan fingerprint density at radius 1 is 0.952 bits per heavy atom. The van der Waals surface area contributed by atoms with Crippen molar-refractivity contribution < 1.29 is 0 Å². The van der Waals surface area contributed by atoms with Gasteiger partial charge < -0.3 is 10.2 Å². The highest BCUT2D eigenvalue weighted by atomic mass is 35.5. The first-order valence-corrected chi connectivity index (χ1v) is 8.57. The Kier molecular flexibility index (Phi) is 5.53. The van der Waals surface area contributed by atoms with Gasteiger partial charge in [0.1, 0.15) is 0 Å². The fraction of sp³-hybridized carbons (Fsp3) is 0.647. The van der Waals surface area contributed by atoms with Crippen LogP contribution in [0.3, 0.4) is 0 Å². The molecule has 0 aliphatic carbocycles. The van der Waals surface area contributed by atoms with Crippen molar-refractivity contribution in [2.45, 2.75) is 19.4 Å². The van der Waals surface area contributed by atoms with Gasteiger partial charge in [0.15, 0.2) is 0 Å². The number of nitrogens with one attached hydrogen (secondary N) is 1. The highest BCUT2D eigenvalue weighted by Gasteiger charge is 2.21. The molecule has 4 heteroatoms. The van der Waals surface area contributed by atoms with E-state index >= 15 is 0 Å². The van der Waals surface area contributed by atoms with Gasteiger partial charge >= 0.3 is 0 Å². The molecule has 0 aromatic heterocycles. The third-order valence-electron chi connectivity index (χ3n) is 4.76. The molecule has 1 aromatic carbocycles. The minimum absolute atomic E-state index is 0.825. The van der Waals surface area contributed by atoms with Crippen LogP contribution in [-0.4, -0.2) is 55.6 Å². The van der Waals surface area contributed by atoms with Crippen LogP contribution in [0.5, 0.6) is 0 Å². The van der Waals surface area contributed by atoms with Crippen LogP contribution in [0.2, 0.25) is 5.02 Å². The van der Waals surface area contributed by atoms with Crippen LogP contribution in [0.4, 0.5) is 0 Å². The quantitative estimate of drug-likeness (QED) is 0.922. The van der Waals surface area contributed by atoms with E-state index in [1.54, 1.807) is 0 Å². The van der Waals surface area contributed by atoms with Gasteiger partial charge in [0.2, 0.25) is 0 Å². The second-order valence-electron chi connectivity index (χ2n) is 6.40. The number of nitrogens with zero attached hydrogens (tertiary/aromatic N) is 2. The molecule has 0 radical (unpaired) electrons. The van der Waals surface area contributed by atoms with E-state index in [0.29, 0.717) is 0 Å². The first kappa shape index (κ1) is 15.3. The van der Waals surface area contributed by atoms with Gasteiger partial charge in [0.05, 0.1) is 0 Å². The maximum Gasteiger partial charge on any atom is 0.0406 e. The van der Waals surface area contributed by atoms with Crippen molar-refractivity contribution in [2.75, 3.05) is 45.8 Å². The number of piperidine rings is 1. The van der Waals surface area contributed by atoms with E-state index in [0.717, 1.165) is 17.5 Å². The highest BCUT2D eigenvalue weighted by molar-refractivity contribution is 6.30. The van der Waals surface area contributed by atoms with Gasteiger partial charge in [-0.2, -0.15) is 0 Å². The molecule has 1 N–H and O–H groups in total. The van der Waals surface area contributed by atoms with Crippen LogP contribution in [0.1, 0.15) is 18.4 Å². The van der Waals surface area contributed by atoms with Crippen LogP contribution in [-0.2, 0) is 6.54 Å². The number of rotatable bonds is 4. The standard InChI is InChI=1S/C17H26ClN3/c18-17-3-1-15(2-4-17)13-20-9-11-21(12-10-20)14-16-5-7-19-8-6-16/h1-4,16,19H,5-14H2. The average Bonchev–Trinajstić information content (AvgIpc) is 2.53. The van der Waals surface area contributed by atoms with Gasteiger partial charge in [-0.05, 0) is 49.5 Å². The van der Waals surface area contributed by atoms with Gasteiger partial charge in [0.25, 0.3) is 0 Å². The second kappa shape index (κ2) is 7.59. The van der Waals surface area contributed by atoms with Crippen molar-refractivity contribution in [1.82, 2.24) is 15.1 Å². The first-order valence-electron chi connectivity index (χ1n) is 8.19. The molecule has 0 spiro atoms. The van der Waals surface area contributed by atoms with Crippen molar-refractivity contribution in [2.24, 2.45) is 5.92 Å². The number of hydrogen-bond acceptors (Lipinski definition) is 3. The Morgan fingerprint density at radius 2 is 1.57 bits per heavy atom. The van der Waals surface area contributed by atoms with Crippen LogP contribution >= 0.6 is 11.6 Å². The van der Waals surface area contributed by atoms with Gasteiger partial charge in [0, 0.05) is 44.3 Å². The zero-order valence-electron chi connectivity index (χ0n) is 12.7. The van der Waals surface area contributed by atoms with Gasteiger partial charge in [-0.1, -0.05) is 23.7 Å². The van der Waals surface area contributed by atoms with E-state index in [-0.39, 0.29) is 0 Å². The lowest BCUT2D eigenvalue weighted by Gasteiger charge is -2.37. The summed E-state index contributed by atoms with van der Waals surface area (Å²) in [6.45, 7) is 9.59. The number of benzene rings is 1. The summed E-state index contributed by atoms with van der Waals surface area (Å²) in [7, 11) is 0. The van der Waals surface area contributed by atoms with Gasteiger partial charge in [-0.25, -0.2) is 0 Å². The number of hydrogen-bond donors (Lipinski definition) is 1. The molecule has 21 heavy (non-hydrogen) atoms. The SMILES string of the molecule is Clc1ccc(CN2CCN(CC3CCNCC3)CC2)cc1. The summed E-state index contributed by atoms with van der Waals surface area (Å²) in [4.78, 5) is 5.22. The summed E-state index contributed by atoms with van der Waals surface area (Å²) in [6.07, 6.45) is 2.70. The summed E-state index contributed by atoms with van der Waals surface area (Å²) in [5.74, 6) is 0.911. The van der Waals surface area contributed by atoms with Crippen LogP contribution in [0.15, 0.2) is 24.3 Å². The molecule has 3 nitrogen and oxygen atoms in total. The molecule has 0 atom stereocenters. The minimum atomic E-state index is 0.825. The molecule has 2 heterocycles. The third-order valence-corrected chi connectivity index (χ3v) is 5.01. The first-order chi connectivity index (χ1) is 10.3. The van der Waals surface area contributed by atoms with E-state index in [4.69, 9.17) is 11.6 Å². The molecule has 2 saturated heterocycles. The third kappa shape index (κ3) is 4.68. The maximum atomic E-state index is 5.94. The second-order valence-corrected chi connectivity index (χ2v) is 6.83.